The molecule has 8 heteroatoms. The van der Waals surface area contributed by atoms with Crippen LogP contribution in [0.3, 0.4) is 0 Å². The average Bonchev–Trinajstić information content (AvgIpc) is 2.47. The van der Waals surface area contributed by atoms with Crippen LogP contribution in [0.1, 0.15) is 27.8 Å². The van der Waals surface area contributed by atoms with Gasteiger partial charge in [0.25, 0.3) is 5.91 Å². The van der Waals surface area contributed by atoms with Gasteiger partial charge in [-0.25, -0.2) is 4.79 Å². The second kappa shape index (κ2) is 7.95. The standard InChI is InChI=1S/C13H17N3O5/c1-8(11(17)14-5-6-21-2)16-12(18)10-4-3-9(7-15-10)13(19)20/h3-4,7-8H,5-6H2,1-2H3,(H,14,17)(H,16,18)(H,19,20). The Balaban J connectivity index is 2.55. The molecule has 0 saturated heterocycles. The molecule has 0 aliphatic carbocycles. The number of carboxylic acids is 1. The van der Waals surface area contributed by atoms with Crippen LogP contribution in [-0.2, 0) is 9.53 Å². The molecular formula is C13H17N3O5. The summed E-state index contributed by atoms with van der Waals surface area (Å²) in [5.41, 5.74) is 0.0217. The molecule has 1 heterocycles. The zero-order valence-corrected chi connectivity index (χ0v) is 11.8. The lowest BCUT2D eigenvalue weighted by Gasteiger charge is -2.13. The smallest absolute Gasteiger partial charge is 0.337 e. The van der Waals surface area contributed by atoms with E-state index in [0.29, 0.717) is 13.2 Å². The number of amides is 2. The minimum Gasteiger partial charge on any atom is -0.478 e. The van der Waals surface area contributed by atoms with Gasteiger partial charge in [-0.15, -0.1) is 0 Å². The van der Waals surface area contributed by atoms with Crippen LogP contribution in [0.5, 0.6) is 0 Å². The maximum absolute atomic E-state index is 11.8. The van der Waals surface area contributed by atoms with Crippen molar-refractivity contribution < 1.29 is 24.2 Å². The van der Waals surface area contributed by atoms with E-state index in [1.165, 1.54) is 26.2 Å². The van der Waals surface area contributed by atoms with E-state index in [1.807, 2.05) is 0 Å². The molecule has 1 aromatic heterocycles. The Morgan fingerprint density at radius 1 is 1.38 bits per heavy atom. The highest BCUT2D eigenvalue weighted by molar-refractivity contribution is 5.96. The zero-order valence-electron chi connectivity index (χ0n) is 11.8. The molecule has 3 N–H and O–H groups in total. The Bertz CT molecular complexity index is 515. The molecule has 0 saturated carbocycles. The summed E-state index contributed by atoms with van der Waals surface area (Å²) in [6.45, 7) is 2.26. The first-order valence-corrected chi connectivity index (χ1v) is 6.22. The Morgan fingerprint density at radius 3 is 2.62 bits per heavy atom. The van der Waals surface area contributed by atoms with Crippen LogP contribution in [0.4, 0.5) is 0 Å². The summed E-state index contributed by atoms with van der Waals surface area (Å²) in [6.07, 6.45) is 1.08. The Labute approximate surface area is 121 Å². The van der Waals surface area contributed by atoms with Crippen LogP contribution >= 0.6 is 0 Å². The van der Waals surface area contributed by atoms with Crippen LogP contribution in [-0.4, -0.2) is 54.2 Å². The van der Waals surface area contributed by atoms with Crippen molar-refractivity contribution in [1.29, 1.82) is 0 Å². The number of hydrogen-bond acceptors (Lipinski definition) is 5. The average molecular weight is 295 g/mol. The minimum absolute atomic E-state index is 0.0168. The number of nitrogens with one attached hydrogen (secondary N) is 2. The summed E-state index contributed by atoms with van der Waals surface area (Å²) in [5, 5.41) is 13.8. The third-order valence-electron chi connectivity index (χ3n) is 2.59. The van der Waals surface area contributed by atoms with Gasteiger partial charge in [-0.3, -0.25) is 14.6 Å². The molecule has 0 fully saturated rings. The monoisotopic (exact) mass is 295 g/mol. The third kappa shape index (κ3) is 5.19. The van der Waals surface area contributed by atoms with Gasteiger partial charge < -0.3 is 20.5 Å². The number of aromatic carboxylic acids is 1. The molecule has 2 amide bonds. The molecule has 1 unspecified atom stereocenters. The largest absolute Gasteiger partial charge is 0.478 e. The summed E-state index contributed by atoms with van der Waals surface area (Å²) in [7, 11) is 1.52. The number of hydrogen-bond donors (Lipinski definition) is 3. The third-order valence-corrected chi connectivity index (χ3v) is 2.59. The molecule has 0 aromatic carbocycles. The fraction of sp³-hybridized carbons (Fsp3) is 0.385. The van der Waals surface area contributed by atoms with Gasteiger partial charge in [0, 0.05) is 19.9 Å². The SMILES string of the molecule is COCCNC(=O)C(C)NC(=O)c1ccc(C(=O)O)cn1. The lowest BCUT2D eigenvalue weighted by atomic mass is 10.2. The van der Waals surface area contributed by atoms with Crippen molar-refractivity contribution in [1.82, 2.24) is 15.6 Å². The van der Waals surface area contributed by atoms with Crippen molar-refractivity contribution in [2.24, 2.45) is 0 Å². The molecule has 1 atom stereocenters. The van der Waals surface area contributed by atoms with Crippen LogP contribution in [0, 0.1) is 0 Å². The van der Waals surface area contributed by atoms with E-state index in [0.717, 1.165) is 6.20 Å². The molecule has 114 valence electrons. The van der Waals surface area contributed by atoms with Gasteiger partial charge in [0.2, 0.25) is 5.91 Å². The molecule has 1 rings (SSSR count). The maximum Gasteiger partial charge on any atom is 0.337 e. The fourth-order valence-electron chi connectivity index (χ4n) is 1.42. The summed E-state index contributed by atoms with van der Waals surface area (Å²) in [6, 6.07) is 1.82. The number of methoxy groups -OCH3 is 1. The summed E-state index contributed by atoms with van der Waals surface area (Å²) in [5.74, 6) is -2.02. The number of rotatable bonds is 7. The van der Waals surface area contributed by atoms with Gasteiger partial charge in [0.15, 0.2) is 0 Å². The number of nitrogens with zero attached hydrogens (tertiary/aromatic N) is 1. The molecule has 0 aliphatic heterocycles. The molecule has 0 spiro atoms. The van der Waals surface area contributed by atoms with Gasteiger partial charge in [0.1, 0.15) is 11.7 Å². The molecule has 0 aliphatic rings. The second-order valence-electron chi connectivity index (χ2n) is 4.22. The van der Waals surface area contributed by atoms with Gasteiger partial charge in [-0.2, -0.15) is 0 Å². The van der Waals surface area contributed by atoms with E-state index in [2.05, 4.69) is 15.6 Å². The van der Waals surface area contributed by atoms with Crippen molar-refractivity contribution in [2.75, 3.05) is 20.3 Å². The Morgan fingerprint density at radius 2 is 2.10 bits per heavy atom. The minimum atomic E-state index is -1.12. The molecule has 21 heavy (non-hydrogen) atoms. The Kier molecular flexibility index (Phi) is 6.28. The van der Waals surface area contributed by atoms with Gasteiger partial charge in [-0.05, 0) is 19.1 Å². The molecule has 8 nitrogen and oxygen atoms in total. The quantitative estimate of drug-likeness (QED) is 0.592. The van der Waals surface area contributed by atoms with Crippen molar-refractivity contribution in [3.05, 3.63) is 29.6 Å². The van der Waals surface area contributed by atoms with E-state index in [4.69, 9.17) is 9.84 Å². The normalized spacial score (nSPS) is 11.5. The maximum atomic E-state index is 11.8. The summed E-state index contributed by atoms with van der Waals surface area (Å²) in [4.78, 5) is 37.9. The van der Waals surface area contributed by atoms with Crippen molar-refractivity contribution in [2.45, 2.75) is 13.0 Å². The van der Waals surface area contributed by atoms with Gasteiger partial charge in [-0.1, -0.05) is 0 Å². The van der Waals surface area contributed by atoms with E-state index >= 15 is 0 Å². The number of pyridine rings is 1. The van der Waals surface area contributed by atoms with Crippen LogP contribution in [0.2, 0.25) is 0 Å². The lowest BCUT2D eigenvalue weighted by Crippen LogP contribution is -2.45. The van der Waals surface area contributed by atoms with Crippen molar-refractivity contribution in [3.8, 4) is 0 Å². The number of carbonyl (C=O) groups is 3. The van der Waals surface area contributed by atoms with Crippen molar-refractivity contribution in [3.63, 3.8) is 0 Å². The van der Waals surface area contributed by atoms with Crippen LogP contribution < -0.4 is 10.6 Å². The number of ether oxygens (including phenoxy) is 1. The topological polar surface area (TPSA) is 118 Å². The van der Waals surface area contributed by atoms with E-state index in [9.17, 15) is 14.4 Å². The number of carboxylic acid groups (broad SMARTS) is 1. The van der Waals surface area contributed by atoms with E-state index < -0.39 is 17.9 Å². The molecular weight excluding hydrogens is 278 g/mol. The predicted octanol–water partition coefficient (Wildman–Crippen LogP) is -0.339. The second-order valence-corrected chi connectivity index (χ2v) is 4.22. The summed E-state index contributed by atoms with van der Waals surface area (Å²) >= 11 is 0. The number of carbonyl (C=O) groups excluding carboxylic acids is 2. The van der Waals surface area contributed by atoms with Gasteiger partial charge >= 0.3 is 5.97 Å². The van der Waals surface area contributed by atoms with Crippen molar-refractivity contribution >= 4 is 17.8 Å². The Hall–Kier alpha value is -2.48. The van der Waals surface area contributed by atoms with Gasteiger partial charge in [0.05, 0.1) is 12.2 Å². The molecule has 0 radical (unpaired) electrons. The first kappa shape index (κ1) is 16.6. The highest BCUT2D eigenvalue weighted by Gasteiger charge is 2.17. The zero-order chi connectivity index (χ0) is 15.8. The molecule has 1 aromatic rings. The predicted molar refractivity (Wildman–Crippen MR) is 73.0 cm³/mol. The molecule has 0 bridgehead atoms. The fourth-order valence-corrected chi connectivity index (χ4v) is 1.42. The highest BCUT2D eigenvalue weighted by atomic mass is 16.5. The van der Waals surface area contributed by atoms with E-state index in [1.54, 1.807) is 0 Å². The van der Waals surface area contributed by atoms with Crippen LogP contribution in [0.15, 0.2) is 18.3 Å². The number of aromatic nitrogens is 1. The first-order chi connectivity index (χ1) is 9.95. The van der Waals surface area contributed by atoms with E-state index in [-0.39, 0.29) is 17.2 Å². The summed E-state index contributed by atoms with van der Waals surface area (Å²) < 4.78 is 4.79. The van der Waals surface area contributed by atoms with Crippen LogP contribution in [0.25, 0.3) is 0 Å². The first-order valence-electron chi connectivity index (χ1n) is 6.22. The highest BCUT2D eigenvalue weighted by Crippen LogP contribution is 2.01. The lowest BCUT2D eigenvalue weighted by molar-refractivity contribution is -0.122.